The summed E-state index contributed by atoms with van der Waals surface area (Å²) in [6.07, 6.45) is 5.86. The summed E-state index contributed by atoms with van der Waals surface area (Å²) in [6.45, 7) is 0. The number of rotatable bonds is 2. The molecule has 102 valence electrons. The summed E-state index contributed by atoms with van der Waals surface area (Å²) in [7, 11) is 1.91. The Morgan fingerprint density at radius 3 is 2.57 bits per heavy atom. The van der Waals surface area contributed by atoms with Crippen molar-refractivity contribution in [1.82, 2.24) is 19.3 Å². The largest absolute Gasteiger partial charge is 0.298 e. The van der Waals surface area contributed by atoms with E-state index in [9.17, 15) is 0 Å². The van der Waals surface area contributed by atoms with E-state index >= 15 is 0 Å². The molecule has 0 aliphatic rings. The van der Waals surface area contributed by atoms with Crippen LogP contribution in [0.5, 0.6) is 0 Å². The van der Waals surface area contributed by atoms with Crippen molar-refractivity contribution >= 4 is 11.0 Å². The van der Waals surface area contributed by atoms with Gasteiger partial charge in [-0.3, -0.25) is 9.25 Å². The summed E-state index contributed by atoms with van der Waals surface area (Å²) in [5.41, 5.74) is 4.07. The third kappa shape index (κ3) is 2.01. The molecule has 0 fully saturated rings. The Bertz CT molecular complexity index is 903. The number of fused-ring (bicyclic) bond motifs is 1. The van der Waals surface area contributed by atoms with Gasteiger partial charge in [0.2, 0.25) is 0 Å². The van der Waals surface area contributed by atoms with E-state index in [1.165, 1.54) is 0 Å². The van der Waals surface area contributed by atoms with Crippen molar-refractivity contribution in [3.63, 3.8) is 0 Å². The summed E-state index contributed by atoms with van der Waals surface area (Å²) in [4.78, 5) is 4.82. The minimum absolute atomic E-state index is 0.948. The molecular formula is C17H14N4. The van der Waals surface area contributed by atoms with Crippen LogP contribution in [0, 0.1) is 0 Å². The summed E-state index contributed by atoms with van der Waals surface area (Å²) < 4.78 is 3.86. The van der Waals surface area contributed by atoms with E-state index in [-0.39, 0.29) is 0 Å². The van der Waals surface area contributed by atoms with Crippen LogP contribution >= 0.6 is 0 Å². The number of pyridine rings is 1. The van der Waals surface area contributed by atoms with E-state index in [1.807, 2.05) is 43.8 Å². The van der Waals surface area contributed by atoms with Crippen LogP contribution in [0.1, 0.15) is 0 Å². The summed E-state index contributed by atoms with van der Waals surface area (Å²) in [5, 5.41) is 5.35. The molecule has 0 saturated carbocycles. The van der Waals surface area contributed by atoms with Gasteiger partial charge >= 0.3 is 0 Å². The molecule has 21 heavy (non-hydrogen) atoms. The highest BCUT2D eigenvalue weighted by Gasteiger charge is 2.08. The van der Waals surface area contributed by atoms with Crippen molar-refractivity contribution in [3.05, 3.63) is 67.1 Å². The number of aryl methyl sites for hydroxylation is 1. The lowest BCUT2D eigenvalue weighted by Crippen LogP contribution is -1.93. The maximum Gasteiger partial charge on any atom is 0.145 e. The van der Waals surface area contributed by atoms with Crippen LogP contribution in [0.4, 0.5) is 0 Å². The summed E-state index contributed by atoms with van der Waals surface area (Å²) in [6, 6.07) is 16.5. The zero-order valence-electron chi connectivity index (χ0n) is 11.6. The SMILES string of the molecule is Cn1cc(-n2ccc3ccc(-c4ccccc4)nc32)cn1. The van der Waals surface area contributed by atoms with Gasteiger partial charge in [-0.15, -0.1) is 0 Å². The predicted octanol–water partition coefficient (Wildman–Crippen LogP) is 3.43. The van der Waals surface area contributed by atoms with E-state index in [0.29, 0.717) is 0 Å². The Balaban J connectivity index is 1.90. The maximum absolute atomic E-state index is 4.82. The Labute approximate surface area is 122 Å². The van der Waals surface area contributed by atoms with Gasteiger partial charge in [-0.1, -0.05) is 30.3 Å². The Hall–Kier alpha value is -2.88. The van der Waals surface area contributed by atoms with Crippen molar-refractivity contribution in [2.45, 2.75) is 0 Å². The third-order valence-electron chi connectivity index (χ3n) is 3.58. The highest BCUT2D eigenvalue weighted by Crippen LogP contribution is 2.23. The van der Waals surface area contributed by atoms with Gasteiger partial charge in [0, 0.05) is 30.4 Å². The molecule has 0 saturated heterocycles. The number of hydrogen-bond donors (Lipinski definition) is 0. The molecule has 0 aliphatic carbocycles. The van der Waals surface area contributed by atoms with Gasteiger partial charge in [-0.2, -0.15) is 5.10 Å². The number of nitrogens with zero attached hydrogens (tertiary/aromatic N) is 4. The average Bonchev–Trinajstić information content (AvgIpc) is 3.13. The van der Waals surface area contributed by atoms with Gasteiger partial charge in [-0.25, -0.2) is 4.98 Å². The fourth-order valence-corrected chi connectivity index (χ4v) is 2.52. The van der Waals surface area contributed by atoms with E-state index in [4.69, 9.17) is 4.98 Å². The van der Waals surface area contributed by atoms with Crippen LogP contribution in [0.25, 0.3) is 28.0 Å². The fraction of sp³-hybridized carbons (Fsp3) is 0.0588. The molecule has 0 amide bonds. The molecule has 3 aromatic heterocycles. The zero-order chi connectivity index (χ0) is 14.2. The van der Waals surface area contributed by atoms with E-state index in [2.05, 4.69) is 40.0 Å². The molecule has 0 radical (unpaired) electrons. The Morgan fingerprint density at radius 1 is 0.952 bits per heavy atom. The highest BCUT2D eigenvalue weighted by molar-refractivity contribution is 5.81. The first-order valence-corrected chi connectivity index (χ1v) is 6.84. The average molecular weight is 274 g/mol. The van der Waals surface area contributed by atoms with Crippen molar-refractivity contribution in [2.24, 2.45) is 7.05 Å². The Morgan fingerprint density at radius 2 is 1.81 bits per heavy atom. The van der Waals surface area contributed by atoms with Crippen LogP contribution in [0.15, 0.2) is 67.1 Å². The molecule has 3 heterocycles. The van der Waals surface area contributed by atoms with Gasteiger partial charge in [0.1, 0.15) is 5.65 Å². The summed E-state index contributed by atoms with van der Waals surface area (Å²) >= 11 is 0. The lowest BCUT2D eigenvalue weighted by atomic mass is 10.1. The van der Waals surface area contributed by atoms with Crippen LogP contribution in [0.2, 0.25) is 0 Å². The number of aromatic nitrogens is 4. The maximum atomic E-state index is 4.82. The van der Waals surface area contributed by atoms with Crippen LogP contribution in [0.3, 0.4) is 0 Å². The molecule has 4 nitrogen and oxygen atoms in total. The van der Waals surface area contributed by atoms with Crippen LogP contribution in [-0.2, 0) is 7.05 Å². The smallest absolute Gasteiger partial charge is 0.145 e. The number of hydrogen-bond acceptors (Lipinski definition) is 2. The summed E-state index contributed by atoms with van der Waals surface area (Å²) in [5.74, 6) is 0. The third-order valence-corrected chi connectivity index (χ3v) is 3.58. The van der Waals surface area contributed by atoms with Crippen LogP contribution in [-0.4, -0.2) is 19.3 Å². The van der Waals surface area contributed by atoms with Crippen molar-refractivity contribution in [2.75, 3.05) is 0 Å². The second-order valence-corrected chi connectivity index (χ2v) is 5.03. The van der Waals surface area contributed by atoms with E-state index in [1.54, 1.807) is 4.68 Å². The molecule has 4 heteroatoms. The first-order valence-electron chi connectivity index (χ1n) is 6.84. The fourth-order valence-electron chi connectivity index (χ4n) is 2.52. The predicted molar refractivity (Wildman–Crippen MR) is 83.3 cm³/mol. The lowest BCUT2D eigenvalue weighted by molar-refractivity contribution is 0.767. The van der Waals surface area contributed by atoms with Crippen LogP contribution < -0.4 is 0 Å². The standard InChI is InChI=1S/C17H14N4/c1-20-12-15(11-18-20)21-10-9-14-7-8-16(19-17(14)21)13-5-3-2-4-6-13/h2-12H,1H3. The lowest BCUT2D eigenvalue weighted by Gasteiger charge is -2.04. The molecule has 4 aromatic rings. The molecular weight excluding hydrogens is 260 g/mol. The molecule has 0 spiro atoms. The molecule has 4 rings (SSSR count). The van der Waals surface area contributed by atoms with Gasteiger partial charge in [-0.05, 0) is 18.2 Å². The normalized spacial score (nSPS) is 11.1. The van der Waals surface area contributed by atoms with Gasteiger partial charge < -0.3 is 0 Å². The monoisotopic (exact) mass is 274 g/mol. The number of benzene rings is 1. The van der Waals surface area contributed by atoms with Crippen molar-refractivity contribution < 1.29 is 0 Å². The molecule has 0 unspecified atom stereocenters. The topological polar surface area (TPSA) is 35.6 Å². The first kappa shape index (κ1) is 11.9. The molecule has 0 aliphatic heterocycles. The molecule has 1 aromatic carbocycles. The van der Waals surface area contributed by atoms with Gasteiger partial charge in [0.25, 0.3) is 0 Å². The minimum atomic E-state index is 0.948. The van der Waals surface area contributed by atoms with Crippen molar-refractivity contribution in [3.8, 4) is 16.9 Å². The second-order valence-electron chi connectivity index (χ2n) is 5.03. The van der Waals surface area contributed by atoms with E-state index in [0.717, 1.165) is 28.0 Å². The van der Waals surface area contributed by atoms with Gasteiger partial charge in [0.15, 0.2) is 0 Å². The van der Waals surface area contributed by atoms with Gasteiger partial charge in [0.05, 0.1) is 17.6 Å². The highest BCUT2D eigenvalue weighted by atomic mass is 15.3. The minimum Gasteiger partial charge on any atom is -0.298 e. The molecule has 0 N–H and O–H groups in total. The van der Waals surface area contributed by atoms with E-state index < -0.39 is 0 Å². The quantitative estimate of drug-likeness (QED) is 0.561. The Kier molecular flexibility index (Phi) is 2.60. The zero-order valence-corrected chi connectivity index (χ0v) is 11.6. The second kappa shape index (κ2) is 4.59. The van der Waals surface area contributed by atoms with Crippen molar-refractivity contribution in [1.29, 1.82) is 0 Å². The molecule has 0 atom stereocenters. The molecule has 0 bridgehead atoms. The first-order chi connectivity index (χ1) is 10.3.